The lowest BCUT2D eigenvalue weighted by Gasteiger charge is -2.08. The van der Waals surface area contributed by atoms with Crippen molar-refractivity contribution in [3.63, 3.8) is 0 Å². The number of hydrogen-bond donors (Lipinski definition) is 0. The zero-order chi connectivity index (χ0) is 11.5. The van der Waals surface area contributed by atoms with Gasteiger partial charge in [-0.15, -0.1) is 13.2 Å². The molecule has 0 unspecified atom stereocenters. The largest absolute Gasteiger partial charge is 0.416 e. The zero-order valence-corrected chi connectivity index (χ0v) is 8.40. The number of fused-ring (bicyclic) bond motifs is 1. The van der Waals surface area contributed by atoms with Crippen LogP contribution < -0.4 is 0 Å². The van der Waals surface area contributed by atoms with Crippen LogP contribution in [0.3, 0.4) is 0 Å². The van der Waals surface area contributed by atoms with Crippen molar-refractivity contribution >= 4 is 0 Å². The van der Waals surface area contributed by atoms with Crippen LogP contribution in [-0.2, 0) is 19.0 Å². The van der Waals surface area contributed by atoms with Crippen LogP contribution in [0.1, 0.15) is 23.1 Å². The Balaban J connectivity index is 0.000000531. The average molecular weight is 214 g/mol. The van der Waals surface area contributed by atoms with E-state index in [1.807, 2.05) is 0 Å². The summed E-state index contributed by atoms with van der Waals surface area (Å²) in [4.78, 5) is 0. The minimum Gasteiger partial charge on any atom is -0.166 e. The molecule has 0 heterocycles. The third kappa shape index (κ3) is 2.61. The quantitative estimate of drug-likeness (QED) is 0.573. The molecule has 0 spiro atoms. The summed E-state index contributed by atoms with van der Waals surface area (Å²) in [7, 11) is 0. The lowest BCUT2D eigenvalue weighted by atomic mass is 10.1. The van der Waals surface area contributed by atoms with Crippen LogP contribution >= 0.6 is 0 Å². The van der Waals surface area contributed by atoms with Gasteiger partial charge in [-0.25, -0.2) is 0 Å². The molecule has 2 rings (SSSR count). The normalized spacial score (nSPS) is 14.1. The first kappa shape index (κ1) is 11.8. The van der Waals surface area contributed by atoms with Gasteiger partial charge in [-0.05, 0) is 42.5 Å². The van der Waals surface area contributed by atoms with Gasteiger partial charge in [0.25, 0.3) is 0 Å². The highest BCUT2D eigenvalue weighted by molar-refractivity contribution is 5.36. The van der Waals surface area contributed by atoms with Crippen molar-refractivity contribution in [2.45, 2.75) is 25.4 Å². The maximum Gasteiger partial charge on any atom is 0.416 e. The number of rotatable bonds is 0. The molecule has 1 aromatic rings. The molecule has 0 nitrogen and oxygen atoms in total. The third-order valence-corrected chi connectivity index (χ3v) is 2.43. The summed E-state index contributed by atoms with van der Waals surface area (Å²) < 4.78 is 36.8. The maximum atomic E-state index is 12.3. The fourth-order valence-electron chi connectivity index (χ4n) is 1.75. The topological polar surface area (TPSA) is 0 Å². The second-order valence-corrected chi connectivity index (χ2v) is 3.33. The van der Waals surface area contributed by atoms with E-state index < -0.39 is 11.7 Å². The van der Waals surface area contributed by atoms with E-state index in [1.165, 1.54) is 12.1 Å². The Hall–Kier alpha value is -1.25. The number of aryl methyl sites for hydroxylation is 2. The first-order valence-corrected chi connectivity index (χ1v) is 4.76. The van der Waals surface area contributed by atoms with Gasteiger partial charge in [0.05, 0.1) is 5.56 Å². The molecule has 0 atom stereocenters. The second kappa shape index (κ2) is 4.51. The van der Waals surface area contributed by atoms with Crippen LogP contribution in [-0.4, -0.2) is 0 Å². The molecule has 82 valence electrons. The molecule has 0 saturated heterocycles. The molecule has 1 aromatic carbocycles. The van der Waals surface area contributed by atoms with E-state index in [9.17, 15) is 13.2 Å². The van der Waals surface area contributed by atoms with E-state index in [-0.39, 0.29) is 0 Å². The van der Waals surface area contributed by atoms with Crippen LogP contribution in [0.15, 0.2) is 31.4 Å². The molecule has 0 saturated carbocycles. The number of halogens is 3. The van der Waals surface area contributed by atoms with Gasteiger partial charge in [0.2, 0.25) is 0 Å². The van der Waals surface area contributed by atoms with Crippen molar-refractivity contribution in [1.29, 1.82) is 0 Å². The number of alkyl halides is 3. The van der Waals surface area contributed by atoms with Gasteiger partial charge in [-0.3, -0.25) is 0 Å². The predicted molar refractivity (Wildman–Crippen MR) is 54.7 cm³/mol. The molecule has 0 fully saturated rings. The SMILES string of the molecule is C=C.FC(F)(F)c1ccc2c(c1)CCC2. The second-order valence-electron chi connectivity index (χ2n) is 3.33. The van der Waals surface area contributed by atoms with Crippen molar-refractivity contribution < 1.29 is 13.2 Å². The predicted octanol–water partition coefficient (Wildman–Crippen LogP) is 4.00. The highest BCUT2D eigenvalue weighted by Gasteiger charge is 2.31. The fraction of sp³-hybridized carbons (Fsp3) is 0.333. The molecule has 0 aliphatic heterocycles. The van der Waals surface area contributed by atoms with Crippen LogP contribution in [0.5, 0.6) is 0 Å². The Morgan fingerprint density at radius 1 is 1.00 bits per heavy atom. The highest BCUT2D eigenvalue weighted by Crippen LogP contribution is 2.32. The standard InChI is InChI=1S/C10H9F3.C2H4/c11-10(12,13)9-5-4-7-2-1-3-8(7)6-9;1-2/h4-6H,1-3H2;1-2H2. The van der Waals surface area contributed by atoms with Gasteiger partial charge in [0, 0.05) is 0 Å². The van der Waals surface area contributed by atoms with E-state index in [1.54, 1.807) is 6.07 Å². The van der Waals surface area contributed by atoms with Crippen molar-refractivity contribution in [3.8, 4) is 0 Å². The monoisotopic (exact) mass is 214 g/mol. The van der Waals surface area contributed by atoms with E-state index in [0.29, 0.717) is 0 Å². The fourth-order valence-corrected chi connectivity index (χ4v) is 1.75. The van der Waals surface area contributed by atoms with Gasteiger partial charge in [-0.1, -0.05) is 6.07 Å². The van der Waals surface area contributed by atoms with E-state index in [2.05, 4.69) is 13.2 Å². The van der Waals surface area contributed by atoms with Gasteiger partial charge < -0.3 is 0 Å². The molecule has 0 radical (unpaired) electrons. The Kier molecular flexibility index (Phi) is 3.56. The molecular weight excluding hydrogens is 201 g/mol. The summed E-state index contributed by atoms with van der Waals surface area (Å²) in [6.07, 6.45) is -1.50. The highest BCUT2D eigenvalue weighted by atomic mass is 19.4. The molecule has 0 bridgehead atoms. The number of benzene rings is 1. The smallest absolute Gasteiger partial charge is 0.166 e. The summed E-state index contributed by atoms with van der Waals surface area (Å²) in [6.45, 7) is 6.00. The molecule has 0 amide bonds. The molecular formula is C12H13F3. The summed E-state index contributed by atoms with van der Waals surface area (Å²) in [5.41, 5.74) is 1.43. The van der Waals surface area contributed by atoms with Gasteiger partial charge >= 0.3 is 6.18 Å². The van der Waals surface area contributed by atoms with Crippen molar-refractivity contribution in [1.82, 2.24) is 0 Å². The minimum atomic E-state index is -4.20. The molecule has 1 aliphatic rings. The first-order chi connectivity index (χ1) is 7.07. The zero-order valence-electron chi connectivity index (χ0n) is 8.40. The first-order valence-electron chi connectivity index (χ1n) is 4.76. The molecule has 1 aliphatic carbocycles. The lowest BCUT2D eigenvalue weighted by molar-refractivity contribution is -0.137. The van der Waals surface area contributed by atoms with Crippen molar-refractivity contribution in [2.75, 3.05) is 0 Å². The van der Waals surface area contributed by atoms with E-state index in [0.717, 1.165) is 30.4 Å². The summed E-state index contributed by atoms with van der Waals surface area (Å²) in [5.74, 6) is 0. The summed E-state index contributed by atoms with van der Waals surface area (Å²) in [5, 5.41) is 0. The average Bonchev–Trinajstić information content (AvgIpc) is 2.66. The van der Waals surface area contributed by atoms with E-state index in [4.69, 9.17) is 0 Å². The van der Waals surface area contributed by atoms with Crippen LogP contribution in [0, 0.1) is 0 Å². The summed E-state index contributed by atoms with van der Waals surface area (Å²) in [6, 6.07) is 4.05. The molecule has 15 heavy (non-hydrogen) atoms. The number of hydrogen-bond acceptors (Lipinski definition) is 0. The molecule has 3 heteroatoms. The van der Waals surface area contributed by atoms with Gasteiger partial charge in [-0.2, -0.15) is 13.2 Å². The lowest BCUT2D eigenvalue weighted by Crippen LogP contribution is -2.05. The Bertz CT molecular complexity index is 339. The van der Waals surface area contributed by atoms with Gasteiger partial charge in [0.15, 0.2) is 0 Å². The summed E-state index contributed by atoms with van der Waals surface area (Å²) >= 11 is 0. The Morgan fingerprint density at radius 2 is 1.60 bits per heavy atom. The Labute approximate surface area is 87.4 Å². The van der Waals surface area contributed by atoms with Crippen LogP contribution in [0.2, 0.25) is 0 Å². The van der Waals surface area contributed by atoms with Crippen LogP contribution in [0.25, 0.3) is 0 Å². The van der Waals surface area contributed by atoms with Crippen LogP contribution in [0.4, 0.5) is 13.2 Å². The maximum absolute atomic E-state index is 12.3. The van der Waals surface area contributed by atoms with E-state index >= 15 is 0 Å². The third-order valence-electron chi connectivity index (χ3n) is 2.43. The van der Waals surface area contributed by atoms with Crippen molar-refractivity contribution in [3.05, 3.63) is 48.0 Å². The van der Waals surface area contributed by atoms with Crippen molar-refractivity contribution in [2.24, 2.45) is 0 Å². The Morgan fingerprint density at radius 3 is 2.20 bits per heavy atom. The molecule has 0 N–H and O–H groups in total. The minimum absolute atomic E-state index is 0.520. The van der Waals surface area contributed by atoms with Gasteiger partial charge in [0.1, 0.15) is 0 Å². The molecule has 0 aromatic heterocycles.